The second-order valence-electron chi connectivity index (χ2n) is 5.34. The molecular formula is C18H20N2O. The Morgan fingerprint density at radius 1 is 1.14 bits per heavy atom. The number of rotatable bonds is 4. The van der Waals surface area contributed by atoms with Crippen LogP contribution in [0.2, 0.25) is 0 Å². The fourth-order valence-corrected chi connectivity index (χ4v) is 2.97. The predicted octanol–water partition coefficient (Wildman–Crippen LogP) is 3.54. The summed E-state index contributed by atoms with van der Waals surface area (Å²) in [5, 5.41) is 6.41. The van der Waals surface area contributed by atoms with Gasteiger partial charge in [0.2, 0.25) is 0 Å². The highest BCUT2D eigenvalue weighted by molar-refractivity contribution is 5.99. The molecule has 2 N–H and O–H groups in total. The highest BCUT2D eigenvalue weighted by Gasteiger charge is 2.24. The van der Waals surface area contributed by atoms with Crippen molar-refractivity contribution in [2.75, 3.05) is 11.9 Å². The molecule has 0 heterocycles. The molecule has 0 fully saturated rings. The van der Waals surface area contributed by atoms with Crippen LogP contribution in [0.1, 0.15) is 40.9 Å². The van der Waals surface area contributed by atoms with Crippen LogP contribution in [0.4, 0.5) is 5.69 Å². The minimum absolute atomic E-state index is 0.00625. The lowest BCUT2D eigenvalue weighted by atomic mass is 10.1. The summed E-state index contributed by atoms with van der Waals surface area (Å²) in [4.78, 5) is 12.6. The summed E-state index contributed by atoms with van der Waals surface area (Å²) >= 11 is 0. The Hall–Kier alpha value is -2.29. The minimum Gasteiger partial charge on any atom is -0.385 e. The van der Waals surface area contributed by atoms with Crippen LogP contribution in [0.25, 0.3) is 0 Å². The van der Waals surface area contributed by atoms with Crippen LogP contribution in [-0.2, 0) is 6.42 Å². The van der Waals surface area contributed by atoms with Gasteiger partial charge in [-0.2, -0.15) is 0 Å². The van der Waals surface area contributed by atoms with E-state index in [0.717, 1.165) is 25.1 Å². The highest BCUT2D eigenvalue weighted by atomic mass is 16.1. The second-order valence-corrected chi connectivity index (χ2v) is 5.34. The van der Waals surface area contributed by atoms with Crippen LogP contribution < -0.4 is 10.6 Å². The topological polar surface area (TPSA) is 41.1 Å². The molecule has 0 radical (unpaired) electrons. The van der Waals surface area contributed by atoms with Gasteiger partial charge in [-0.25, -0.2) is 0 Å². The third kappa shape index (κ3) is 2.77. The molecule has 108 valence electrons. The van der Waals surface area contributed by atoms with Crippen LogP contribution in [0.15, 0.2) is 48.5 Å². The van der Waals surface area contributed by atoms with Crippen molar-refractivity contribution in [3.05, 3.63) is 65.2 Å². The Morgan fingerprint density at radius 3 is 2.76 bits per heavy atom. The van der Waals surface area contributed by atoms with Gasteiger partial charge in [-0.15, -0.1) is 0 Å². The Bertz CT molecular complexity index is 651. The quantitative estimate of drug-likeness (QED) is 0.899. The van der Waals surface area contributed by atoms with Crippen LogP contribution in [0, 0.1) is 0 Å². The first-order chi connectivity index (χ1) is 10.3. The molecular weight excluding hydrogens is 260 g/mol. The molecule has 1 aliphatic carbocycles. The summed E-state index contributed by atoms with van der Waals surface area (Å²) < 4.78 is 0. The zero-order valence-electron chi connectivity index (χ0n) is 12.2. The van der Waals surface area contributed by atoms with Gasteiger partial charge in [-0.3, -0.25) is 4.79 Å². The fraction of sp³-hybridized carbons (Fsp3) is 0.278. The monoisotopic (exact) mass is 280 g/mol. The molecule has 3 heteroatoms. The maximum Gasteiger partial charge on any atom is 0.253 e. The Kier molecular flexibility index (Phi) is 3.91. The van der Waals surface area contributed by atoms with E-state index in [2.05, 4.69) is 28.8 Å². The first kappa shape index (κ1) is 13.7. The number of carbonyl (C=O) groups excluding carboxylic acids is 1. The molecule has 1 amide bonds. The molecule has 0 spiro atoms. The van der Waals surface area contributed by atoms with E-state index in [-0.39, 0.29) is 11.9 Å². The number of carbonyl (C=O) groups is 1. The third-order valence-corrected chi connectivity index (χ3v) is 3.98. The maximum atomic E-state index is 12.6. The first-order valence-electron chi connectivity index (χ1n) is 7.51. The van der Waals surface area contributed by atoms with E-state index >= 15 is 0 Å². The van der Waals surface area contributed by atoms with Gasteiger partial charge in [-0.05, 0) is 43.0 Å². The van der Waals surface area contributed by atoms with E-state index < -0.39 is 0 Å². The summed E-state index contributed by atoms with van der Waals surface area (Å²) in [6.07, 6.45) is 2.02. The van der Waals surface area contributed by atoms with E-state index in [1.165, 1.54) is 11.1 Å². The number of hydrogen-bond donors (Lipinski definition) is 2. The van der Waals surface area contributed by atoms with E-state index in [1.54, 1.807) is 0 Å². The van der Waals surface area contributed by atoms with Gasteiger partial charge in [0, 0.05) is 12.2 Å². The van der Waals surface area contributed by atoms with Gasteiger partial charge in [0.1, 0.15) is 0 Å². The number of fused-ring (bicyclic) bond motifs is 1. The number of anilines is 1. The summed E-state index contributed by atoms with van der Waals surface area (Å²) in [6.45, 7) is 2.83. The zero-order chi connectivity index (χ0) is 14.7. The fourth-order valence-electron chi connectivity index (χ4n) is 2.97. The summed E-state index contributed by atoms with van der Waals surface area (Å²) in [7, 11) is 0. The predicted molar refractivity (Wildman–Crippen MR) is 85.6 cm³/mol. The van der Waals surface area contributed by atoms with Gasteiger partial charge in [0.05, 0.1) is 11.6 Å². The Morgan fingerprint density at radius 2 is 1.90 bits per heavy atom. The molecule has 2 aromatic rings. The SMILES string of the molecule is CCNc1ccccc1C(=O)NC1CCc2ccccc21. The average molecular weight is 280 g/mol. The van der Waals surface area contributed by atoms with Crippen LogP contribution in [-0.4, -0.2) is 12.5 Å². The molecule has 1 atom stereocenters. The largest absolute Gasteiger partial charge is 0.385 e. The van der Waals surface area contributed by atoms with Crippen molar-refractivity contribution < 1.29 is 4.79 Å². The summed E-state index contributed by atoms with van der Waals surface area (Å²) in [5.41, 5.74) is 4.21. The van der Waals surface area contributed by atoms with Crippen molar-refractivity contribution in [1.29, 1.82) is 0 Å². The van der Waals surface area contributed by atoms with Crippen molar-refractivity contribution in [1.82, 2.24) is 5.32 Å². The van der Waals surface area contributed by atoms with Crippen molar-refractivity contribution in [2.24, 2.45) is 0 Å². The number of aryl methyl sites for hydroxylation is 1. The van der Waals surface area contributed by atoms with Gasteiger partial charge >= 0.3 is 0 Å². The first-order valence-corrected chi connectivity index (χ1v) is 7.51. The molecule has 2 aromatic carbocycles. The molecule has 1 unspecified atom stereocenters. The Labute approximate surface area is 125 Å². The van der Waals surface area contributed by atoms with E-state index in [4.69, 9.17) is 0 Å². The molecule has 3 nitrogen and oxygen atoms in total. The molecule has 0 aliphatic heterocycles. The number of amides is 1. The lowest BCUT2D eigenvalue weighted by Gasteiger charge is -2.16. The van der Waals surface area contributed by atoms with Crippen LogP contribution in [0.3, 0.4) is 0 Å². The zero-order valence-corrected chi connectivity index (χ0v) is 12.2. The van der Waals surface area contributed by atoms with E-state index in [9.17, 15) is 4.79 Å². The molecule has 0 bridgehead atoms. The standard InChI is InChI=1S/C18H20N2O/c1-2-19-16-10-6-5-9-15(16)18(21)20-17-12-11-13-7-3-4-8-14(13)17/h3-10,17,19H,2,11-12H2,1H3,(H,20,21). The van der Waals surface area contributed by atoms with Gasteiger partial charge < -0.3 is 10.6 Å². The van der Waals surface area contributed by atoms with E-state index in [0.29, 0.717) is 5.56 Å². The highest BCUT2D eigenvalue weighted by Crippen LogP contribution is 2.31. The summed E-state index contributed by atoms with van der Waals surface area (Å²) in [6, 6.07) is 16.1. The molecule has 3 rings (SSSR count). The number of nitrogens with one attached hydrogen (secondary N) is 2. The molecule has 0 saturated heterocycles. The van der Waals surface area contributed by atoms with Gasteiger partial charge in [0.25, 0.3) is 5.91 Å². The van der Waals surface area contributed by atoms with Crippen molar-refractivity contribution in [2.45, 2.75) is 25.8 Å². The molecule has 21 heavy (non-hydrogen) atoms. The molecule has 0 saturated carbocycles. The van der Waals surface area contributed by atoms with E-state index in [1.807, 2.05) is 37.3 Å². The van der Waals surface area contributed by atoms with Crippen molar-refractivity contribution in [3.8, 4) is 0 Å². The molecule has 0 aromatic heterocycles. The van der Waals surface area contributed by atoms with Gasteiger partial charge in [0.15, 0.2) is 0 Å². The van der Waals surface area contributed by atoms with Crippen LogP contribution in [0.5, 0.6) is 0 Å². The minimum atomic E-state index is -0.00625. The smallest absolute Gasteiger partial charge is 0.253 e. The lowest BCUT2D eigenvalue weighted by molar-refractivity contribution is 0.0937. The lowest BCUT2D eigenvalue weighted by Crippen LogP contribution is -2.27. The maximum absolute atomic E-state index is 12.6. The number of hydrogen-bond acceptors (Lipinski definition) is 2. The van der Waals surface area contributed by atoms with Crippen molar-refractivity contribution >= 4 is 11.6 Å². The van der Waals surface area contributed by atoms with Crippen LogP contribution >= 0.6 is 0 Å². The normalized spacial score (nSPS) is 16.3. The number of benzene rings is 2. The number of para-hydroxylation sites is 1. The second kappa shape index (κ2) is 6.00. The molecule has 1 aliphatic rings. The Balaban J connectivity index is 1.79. The average Bonchev–Trinajstić information content (AvgIpc) is 2.91. The summed E-state index contributed by atoms with van der Waals surface area (Å²) in [5.74, 6) is -0.00625. The van der Waals surface area contributed by atoms with Gasteiger partial charge in [-0.1, -0.05) is 36.4 Å². The van der Waals surface area contributed by atoms with Crippen molar-refractivity contribution in [3.63, 3.8) is 0 Å². The third-order valence-electron chi connectivity index (χ3n) is 3.98.